The number of nitrogens with two attached hydrogens (primary N) is 1. The SMILES string of the molecule is CC(Sc1nnc(-c2ccccc2)n1Cc1ccco1)C(N)=O. The van der Waals surface area contributed by atoms with Crippen LogP contribution in [-0.4, -0.2) is 25.9 Å². The zero-order chi connectivity index (χ0) is 16.2. The van der Waals surface area contributed by atoms with E-state index < -0.39 is 5.25 Å². The fraction of sp³-hybridized carbons (Fsp3) is 0.188. The number of benzene rings is 1. The van der Waals surface area contributed by atoms with Crippen LogP contribution >= 0.6 is 11.8 Å². The second-order valence-corrected chi connectivity index (χ2v) is 6.31. The third-order valence-electron chi connectivity index (χ3n) is 3.33. The molecule has 1 atom stereocenters. The van der Waals surface area contributed by atoms with E-state index in [0.717, 1.165) is 17.1 Å². The van der Waals surface area contributed by atoms with Gasteiger partial charge in [-0.05, 0) is 19.1 Å². The first-order valence-corrected chi connectivity index (χ1v) is 8.00. The van der Waals surface area contributed by atoms with Crippen LogP contribution in [0.25, 0.3) is 11.4 Å². The fourth-order valence-corrected chi connectivity index (χ4v) is 2.89. The number of amides is 1. The lowest BCUT2D eigenvalue weighted by atomic mass is 10.2. The van der Waals surface area contributed by atoms with Gasteiger partial charge in [0.05, 0.1) is 18.1 Å². The van der Waals surface area contributed by atoms with E-state index in [1.54, 1.807) is 13.2 Å². The molecule has 0 aliphatic rings. The van der Waals surface area contributed by atoms with Gasteiger partial charge < -0.3 is 10.2 Å². The van der Waals surface area contributed by atoms with Gasteiger partial charge >= 0.3 is 0 Å². The molecule has 1 aromatic carbocycles. The van der Waals surface area contributed by atoms with Crippen LogP contribution in [0, 0.1) is 0 Å². The van der Waals surface area contributed by atoms with E-state index in [0.29, 0.717) is 11.7 Å². The monoisotopic (exact) mass is 328 g/mol. The smallest absolute Gasteiger partial charge is 0.230 e. The van der Waals surface area contributed by atoms with E-state index >= 15 is 0 Å². The lowest BCUT2D eigenvalue weighted by Gasteiger charge is -2.10. The normalized spacial score (nSPS) is 12.2. The molecule has 0 radical (unpaired) electrons. The molecule has 1 amide bonds. The number of carbonyl (C=O) groups is 1. The molecule has 6 nitrogen and oxygen atoms in total. The molecule has 0 aliphatic carbocycles. The molecule has 7 heteroatoms. The van der Waals surface area contributed by atoms with Crippen molar-refractivity contribution in [3.05, 3.63) is 54.5 Å². The maximum atomic E-state index is 11.3. The summed E-state index contributed by atoms with van der Waals surface area (Å²) < 4.78 is 7.36. The quantitative estimate of drug-likeness (QED) is 0.703. The zero-order valence-corrected chi connectivity index (χ0v) is 13.4. The molecule has 2 heterocycles. The summed E-state index contributed by atoms with van der Waals surface area (Å²) in [6.07, 6.45) is 1.63. The Morgan fingerprint density at radius 3 is 2.70 bits per heavy atom. The summed E-state index contributed by atoms with van der Waals surface area (Å²) in [6.45, 7) is 2.24. The Morgan fingerprint density at radius 2 is 2.04 bits per heavy atom. The summed E-state index contributed by atoms with van der Waals surface area (Å²) in [5, 5.41) is 8.74. The van der Waals surface area contributed by atoms with Crippen LogP contribution in [0.1, 0.15) is 12.7 Å². The number of nitrogens with zero attached hydrogens (tertiary/aromatic N) is 3. The van der Waals surface area contributed by atoms with Crippen molar-refractivity contribution in [2.45, 2.75) is 23.9 Å². The van der Waals surface area contributed by atoms with Crippen LogP contribution in [0.5, 0.6) is 0 Å². The first kappa shape index (κ1) is 15.4. The van der Waals surface area contributed by atoms with Crippen molar-refractivity contribution in [3.8, 4) is 11.4 Å². The van der Waals surface area contributed by atoms with E-state index in [-0.39, 0.29) is 5.91 Å². The van der Waals surface area contributed by atoms with E-state index in [9.17, 15) is 4.79 Å². The van der Waals surface area contributed by atoms with Crippen LogP contribution in [0.2, 0.25) is 0 Å². The molecular weight excluding hydrogens is 312 g/mol. The number of aromatic nitrogens is 3. The molecule has 0 spiro atoms. The summed E-state index contributed by atoms with van der Waals surface area (Å²) in [5.41, 5.74) is 6.30. The summed E-state index contributed by atoms with van der Waals surface area (Å²) in [4.78, 5) is 11.3. The average Bonchev–Trinajstić information content (AvgIpc) is 3.19. The molecule has 0 saturated carbocycles. The van der Waals surface area contributed by atoms with Gasteiger partial charge in [-0.3, -0.25) is 9.36 Å². The molecule has 3 rings (SSSR count). The number of rotatable bonds is 6. The van der Waals surface area contributed by atoms with Crippen molar-refractivity contribution in [2.75, 3.05) is 0 Å². The molecule has 3 aromatic rings. The minimum atomic E-state index is -0.391. The summed E-state index contributed by atoms with van der Waals surface area (Å²) in [5.74, 6) is 1.13. The van der Waals surface area contributed by atoms with Gasteiger partial charge in [0.1, 0.15) is 5.76 Å². The van der Waals surface area contributed by atoms with Crippen LogP contribution in [-0.2, 0) is 11.3 Å². The Balaban J connectivity index is 1.99. The summed E-state index contributed by atoms with van der Waals surface area (Å²) in [6, 6.07) is 13.5. The average molecular weight is 328 g/mol. The molecule has 0 aliphatic heterocycles. The van der Waals surface area contributed by atoms with Gasteiger partial charge in [0, 0.05) is 5.56 Å². The molecule has 118 valence electrons. The number of primary amides is 1. The van der Waals surface area contributed by atoms with Crippen LogP contribution in [0.4, 0.5) is 0 Å². The number of thioether (sulfide) groups is 1. The Kier molecular flexibility index (Phi) is 4.47. The highest BCUT2D eigenvalue weighted by molar-refractivity contribution is 8.00. The molecular formula is C16H16N4O2S. The lowest BCUT2D eigenvalue weighted by molar-refractivity contribution is -0.117. The maximum absolute atomic E-state index is 11.3. The standard InChI is InChI=1S/C16H16N4O2S/c1-11(14(17)21)23-16-19-18-15(12-6-3-2-4-7-12)20(16)10-13-8-5-9-22-13/h2-9,11H,10H2,1H3,(H2,17,21). The molecule has 1 unspecified atom stereocenters. The highest BCUT2D eigenvalue weighted by Gasteiger charge is 2.20. The third kappa shape index (κ3) is 3.45. The van der Waals surface area contributed by atoms with Crippen molar-refractivity contribution in [3.63, 3.8) is 0 Å². The van der Waals surface area contributed by atoms with Gasteiger partial charge in [0.15, 0.2) is 11.0 Å². The van der Waals surface area contributed by atoms with Gasteiger partial charge in [0.2, 0.25) is 5.91 Å². The Labute approximate surface area is 137 Å². The second kappa shape index (κ2) is 6.70. The van der Waals surface area contributed by atoms with Crippen LogP contribution < -0.4 is 5.73 Å². The topological polar surface area (TPSA) is 86.9 Å². The van der Waals surface area contributed by atoms with E-state index in [1.807, 2.05) is 47.0 Å². The molecule has 2 N–H and O–H groups in total. The van der Waals surface area contributed by atoms with E-state index in [2.05, 4.69) is 10.2 Å². The fourth-order valence-electron chi connectivity index (χ4n) is 2.09. The zero-order valence-electron chi connectivity index (χ0n) is 12.5. The second-order valence-electron chi connectivity index (χ2n) is 5.00. The van der Waals surface area contributed by atoms with Gasteiger partial charge in [-0.2, -0.15) is 0 Å². The number of furan rings is 1. The molecule has 2 aromatic heterocycles. The Hall–Kier alpha value is -2.54. The van der Waals surface area contributed by atoms with Crippen molar-refractivity contribution in [2.24, 2.45) is 5.73 Å². The number of hydrogen-bond donors (Lipinski definition) is 1. The number of hydrogen-bond acceptors (Lipinski definition) is 5. The predicted molar refractivity (Wildman–Crippen MR) is 87.8 cm³/mol. The van der Waals surface area contributed by atoms with Crippen molar-refractivity contribution >= 4 is 17.7 Å². The van der Waals surface area contributed by atoms with E-state index in [4.69, 9.17) is 10.2 Å². The first-order valence-electron chi connectivity index (χ1n) is 7.12. The minimum absolute atomic E-state index is 0.385. The predicted octanol–water partition coefficient (Wildman–Crippen LogP) is 2.55. The van der Waals surface area contributed by atoms with Crippen LogP contribution in [0.3, 0.4) is 0 Å². The van der Waals surface area contributed by atoms with Crippen molar-refractivity contribution < 1.29 is 9.21 Å². The maximum Gasteiger partial charge on any atom is 0.230 e. The molecule has 0 saturated heterocycles. The Bertz CT molecular complexity index is 784. The molecule has 23 heavy (non-hydrogen) atoms. The van der Waals surface area contributed by atoms with Gasteiger partial charge in [-0.1, -0.05) is 42.1 Å². The first-order chi connectivity index (χ1) is 11.1. The largest absolute Gasteiger partial charge is 0.467 e. The lowest BCUT2D eigenvalue weighted by Crippen LogP contribution is -2.23. The minimum Gasteiger partial charge on any atom is -0.467 e. The number of carbonyl (C=O) groups excluding carboxylic acids is 1. The van der Waals surface area contributed by atoms with Crippen molar-refractivity contribution in [1.82, 2.24) is 14.8 Å². The molecule has 0 fully saturated rings. The molecule has 0 bridgehead atoms. The summed E-state index contributed by atoms with van der Waals surface area (Å²) in [7, 11) is 0. The Morgan fingerprint density at radius 1 is 1.26 bits per heavy atom. The van der Waals surface area contributed by atoms with Crippen LogP contribution in [0.15, 0.2) is 58.3 Å². The van der Waals surface area contributed by atoms with Crippen molar-refractivity contribution in [1.29, 1.82) is 0 Å². The van der Waals surface area contributed by atoms with Gasteiger partial charge in [0.25, 0.3) is 0 Å². The van der Waals surface area contributed by atoms with Gasteiger partial charge in [-0.25, -0.2) is 0 Å². The highest BCUT2D eigenvalue weighted by Crippen LogP contribution is 2.27. The highest BCUT2D eigenvalue weighted by atomic mass is 32.2. The van der Waals surface area contributed by atoms with Gasteiger partial charge in [-0.15, -0.1) is 10.2 Å². The third-order valence-corrected chi connectivity index (χ3v) is 4.42. The van der Waals surface area contributed by atoms with E-state index in [1.165, 1.54) is 11.8 Å². The summed E-state index contributed by atoms with van der Waals surface area (Å²) >= 11 is 1.29.